The fraction of sp³-hybridized carbons (Fsp3) is 0.889. The molecule has 1 rings (SSSR count). The fourth-order valence-corrected chi connectivity index (χ4v) is 2.00. The zero-order valence-corrected chi connectivity index (χ0v) is 9.99. The van der Waals surface area contributed by atoms with Crippen LogP contribution in [-0.2, 0) is 0 Å². The molecule has 0 bridgehead atoms. The van der Waals surface area contributed by atoms with Gasteiger partial charge in [0.05, 0.1) is 5.54 Å². The van der Waals surface area contributed by atoms with Gasteiger partial charge in [0.2, 0.25) is 0 Å². The second-order valence-electron chi connectivity index (χ2n) is 4.67. The number of nitrogens with two attached hydrogens (primary N) is 1. The summed E-state index contributed by atoms with van der Waals surface area (Å²) in [7, 11) is 0. The number of quaternary nitrogens is 1. The van der Waals surface area contributed by atoms with Crippen LogP contribution in [0.25, 0.3) is 0 Å². The molecule has 0 aromatic rings. The quantitative estimate of drug-likeness (QED) is 0.593. The lowest BCUT2D eigenvalue weighted by atomic mass is 10.0. The number of urea groups is 1. The maximum absolute atomic E-state index is 11.5. The maximum Gasteiger partial charge on any atom is 0.414 e. The molecule has 2 amide bonds. The zero-order valence-electron chi connectivity index (χ0n) is 9.17. The van der Waals surface area contributed by atoms with Gasteiger partial charge in [-0.2, -0.15) is 0 Å². The van der Waals surface area contributed by atoms with Crippen LogP contribution < -0.4 is 11.1 Å². The maximum atomic E-state index is 11.5. The number of carbonyl (C=O) groups is 1. The van der Waals surface area contributed by atoms with E-state index in [9.17, 15) is 4.79 Å². The van der Waals surface area contributed by atoms with Gasteiger partial charge < -0.3 is 11.1 Å². The molecule has 0 atom stereocenters. The monoisotopic (exact) mass is 222 g/mol. The van der Waals surface area contributed by atoms with Crippen molar-refractivity contribution < 1.29 is 9.28 Å². The second kappa shape index (κ2) is 4.47. The van der Waals surface area contributed by atoms with Gasteiger partial charge in [0.1, 0.15) is 13.1 Å². The molecule has 1 saturated heterocycles. The molecule has 14 heavy (non-hydrogen) atoms. The Labute approximate surface area is 91.8 Å². The van der Waals surface area contributed by atoms with Crippen LogP contribution in [0.15, 0.2) is 0 Å². The van der Waals surface area contributed by atoms with Gasteiger partial charge in [-0.15, -0.1) is 12.4 Å². The van der Waals surface area contributed by atoms with Crippen molar-refractivity contribution in [1.82, 2.24) is 5.32 Å². The minimum atomic E-state index is -0.200. The molecule has 1 fully saturated rings. The van der Waals surface area contributed by atoms with Gasteiger partial charge in [-0.25, -0.2) is 9.28 Å². The summed E-state index contributed by atoms with van der Waals surface area (Å²) in [4.78, 5) is 11.5. The van der Waals surface area contributed by atoms with E-state index in [0.29, 0.717) is 4.48 Å². The highest BCUT2D eigenvalue weighted by Crippen LogP contribution is 2.24. The van der Waals surface area contributed by atoms with Crippen molar-refractivity contribution in [3.63, 3.8) is 0 Å². The van der Waals surface area contributed by atoms with Gasteiger partial charge >= 0.3 is 6.03 Å². The summed E-state index contributed by atoms with van der Waals surface area (Å²) < 4.78 is 0.403. The molecule has 0 unspecified atom stereocenters. The van der Waals surface area contributed by atoms with Gasteiger partial charge in [0.15, 0.2) is 0 Å². The van der Waals surface area contributed by atoms with Crippen LogP contribution in [0.3, 0.4) is 0 Å². The molecule has 0 radical (unpaired) electrons. The largest absolute Gasteiger partial charge is 0.414 e. The molecular formula is C9H21ClN3O+. The fourth-order valence-electron chi connectivity index (χ4n) is 2.00. The Balaban J connectivity index is 0.00000169. The van der Waals surface area contributed by atoms with Crippen LogP contribution in [0.5, 0.6) is 0 Å². The number of piperazine rings is 1. The van der Waals surface area contributed by atoms with Crippen LogP contribution in [0, 0.1) is 0 Å². The molecule has 1 aliphatic heterocycles. The number of nitrogens with one attached hydrogen (secondary N) is 1. The van der Waals surface area contributed by atoms with Gasteiger partial charge in [-0.3, -0.25) is 0 Å². The summed E-state index contributed by atoms with van der Waals surface area (Å²) in [5.41, 5.74) is 5.40. The Morgan fingerprint density at radius 1 is 1.29 bits per heavy atom. The summed E-state index contributed by atoms with van der Waals surface area (Å²) >= 11 is 0. The van der Waals surface area contributed by atoms with Crippen molar-refractivity contribution in [3.05, 3.63) is 0 Å². The second-order valence-corrected chi connectivity index (χ2v) is 4.67. The molecule has 4 nitrogen and oxygen atoms in total. The summed E-state index contributed by atoms with van der Waals surface area (Å²) in [5.74, 6) is 0. The predicted molar refractivity (Wildman–Crippen MR) is 59.4 cm³/mol. The van der Waals surface area contributed by atoms with E-state index in [1.54, 1.807) is 0 Å². The van der Waals surface area contributed by atoms with Gasteiger partial charge in [0, 0.05) is 13.1 Å². The molecule has 84 valence electrons. The number of hydrogen-bond donors (Lipinski definition) is 2. The van der Waals surface area contributed by atoms with Gasteiger partial charge in [0.25, 0.3) is 0 Å². The van der Waals surface area contributed by atoms with Crippen LogP contribution in [-0.4, -0.2) is 42.2 Å². The molecule has 0 aromatic carbocycles. The van der Waals surface area contributed by atoms with Crippen LogP contribution >= 0.6 is 12.4 Å². The highest BCUT2D eigenvalue weighted by molar-refractivity contribution is 5.85. The first-order valence-corrected chi connectivity index (χ1v) is 4.78. The van der Waals surface area contributed by atoms with E-state index in [1.807, 2.05) is 0 Å². The molecule has 5 heteroatoms. The van der Waals surface area contributed by atoms with E-state index in [0.717, 1.165) is 26.2 Å². The molecule has 1 heterocycles. The number of primary amides is 1. The Morgan fingerprint density at radius 3 is 1.93 bits per heavy atom. The van der Waals surface area contributed by atoms with Crippen molar-refractivity contribution in [2.75, 3.05) is 26.2 Å². The number of rotatable bonds is 0. The third-order valence-corrected chi connectivity index (χ3v) is 3.05. The average Bonchev–Trinajstić information content (AvgIpc) is 2.03. The smallest absolute Gasteiger partial charge is 0.319 e. The van der Waals surface area contributed by atoms with E-state index in [2.05, 4.69) is 26.1 Å². The first-order chi connectivity index (χ1) is 5.90. The van der Waals surface area contributed by atoms with Crippen molar-refractivity contribution >= 4 is 18.4 Å². The standard InChI is InChI=1S/C9H19N3O.ClH/c1-9(2,3)12(8(10)13)6-4-11-5-7-12;/h11H,4-7H2,1-3H3,(H-,10,13);1H/p+1. The van der Waals surface area contributed by atoms with Crippen molar-refractivity contribution in [1.29, 1.82) is 0 Å². The Hall–Kier alpha value is -0.320. The first kappa shape index (κ1) is 13.7. The number of amides is 2. The third-order valence-electron chi connectivity index (χ3n) is 3.05. The lowest BCUT2D eigenvalue weighted by Crippen LogP contribution is -2.71. The van der Waals surface area contributed by atoms with E-state index in [4.69, 9.17) is 5.73 Å². The molecule has 1 aliphatic rings. The van der Waals surface area contributed by atoms with Gasteiger partial charge in [-0.05, 0) is 20.8 Å². The normalized spacial score (nSPS) is 21.1. The minimum Gasteiger partial charge on any atom is -0.319 e. The summed E-state index contributed by atoms with van der Waals surface area (Å²) in [6.07, 6.45) is 0. The number of halogens is 1. The van der Waals surface area contributed by atoms with Crippen molar-refractivity contribution in [2.45, 2.75) is 26.3 Å². The predicted octanol–water partition coefficient (Wildman–Crippen LogP) is 0.705. The molecular weight excluding hydrogens is 202 g/mol. The summed E-state index contributed by atoms with van der Waals surface area (Å²) in [6, 6.07) is -0.200. The molecule has 3 N–H and O–H groups in total. The third kappa shape index (κ3) is 2.19. The molecule has 0 saturated carbocycles. The number of nitrogens with zero attached hydrogens (tertiary/aromatic N) is 1. The topological polar surface area (TPSA) is 55.1 Å². The minimum absolute atomic E-state index is 0. The van der Waals surface area contributed by atoms with Crippen LogP contribution in [0.1, 0.15) is 20.8 Å². The van der Waals surface area contributed by atoms with Crippen LogP contribution in [0.4, 0.5) is 4.79 Å². The Bertz CT molecular complexity index is 207. The van der Waals surface area contributed by atoms with E-state index < -0.39 is 0 Å². The summed E-state index contributed by atoms with van der Waals surface area (Å²) in [5, 5.41) is 3.24. The zero-order chi connectivity index (χ0) is 10.1. The van der Waals surface area contributed by atoms with Crippen LogP contribution in [0.2, 0.25) is 0 Å². The Kier molecular flexibility index (Phi) is 4.36. The molecule has 0 aliphatic carbocycles. The first-order valence-electron chi connectivity index (χ1n) is 4.78. The number of hydrogen-bond acceptors (Lipinski definition) is 2. The lowest BCUT2D eigenvalue weighted by Gasteiger charge is -2.47. The van der Waals surface area contributed by atoms with E-state index >= 15 is 0 Å². The number of carbonyl (C=O) groups excluding carboxylic acids is 1. The SMILES string of the molecule is CC(C)(C)[N+]1(C(N)=O)CCNCC1.Cl. The highest BCUT2D eigenvalue weighted by atomic mass is 35.5. The van der Waals surface area contributed by atoms with Crippen molar-refractivity contribution in [2.24, 2.45) is 5.73 Å². The molecule has 0 aromatic heterocycles. The summed E-state index contributed by atoms with van der Waals surface area (Å²) in [6.45, 7) is 9.58. The Morgan fingerprint density at radius 2 is 1.71 bits per heavy atom. The highest BCUT2D eigenvalue weighted by Gasteiger charge is 2.46. The average molecular weight is 223 g/mol. The molecule has 0 spiro atoms. The lowest BCUT2D eigenvalue weighted by molar-refractivity contribution is -0.897. The van der Waals surface area contributed by atoms with E-state index in [1.165, 1.54) is 0 Å². The van der Waals surface area contributed by atoms with Gasteiger partial charge in [-0.1, -0.05) is 0 Å². The van der Waals surface area contributed by atoms with Crippen molar-refractivity contribution in [3.8, 4) is 0 Å². The van der Waals surface area contributed by atoms with E-state index in [-0.39, 0.29) is 24.0 Å².